The van der Waals surface area contributed by atoms with Crippen molar-refractivity contribution in [3.05, 3.63) is 21.9 Å². The molecule has 21 heavy (non-hydrogen) atoms. The topological polar surface area (TPSA) is 12.0 Å². The van der Waals surface area contributed by atoms with Crippen LogP contribution in [0.3, 0.4) is 0 Å². The van der Waals surface area contributed by atoms with Gasteiger partial charge in [0.25, 0.3) is 0 Å². The Hall–Kier alpha value is -0.340. The minimum absolute atomic E-state index is 0.706. The van der Waals surface area contributed by atoms with Gasteiger partial charge >= 0.3 is 0 Å². The summed E-state index contributed by atoms with van der Waals surface area (Å²) in [5.74, 6) is 3.17. The lowest BCUT2D eigenvalue weighted by molar-refractivity contribution is 0.277. The summed E-state index contributed by atoms with van der Waals surface area (Å²) in [7, 11) is 0. The van der Waals surface area contributed by atoms with Gasteiger partial charge in [0.2, 0.25) is 0 Å². The second-order valence-electron chi connectivity index (χ2n) is 7.25. The molecule has 2 fully saturated rings. The van der Waals surface area contributed by atoms with Gasteiger partial charge in [-0.2, -0.15) is 0 Å². The van der Waals surface area contributed by atoms with Crippen LogP contribution in [0.5, 0.6) is 0 Å². The van der Waals surface area contributed by atoms with Crippen molar-refractivity contribution < 1.29 is 0 Å². The van der Waals surface area contributed by atoms with Crippen molar-refractivity contribution in [2.75, 3.05) is 6.54 Å². The summed E-state index contributed by atoms with van der Waals surface area (Å²) >= 11 is 2.03. The summed E-state index contributed by atoms with van der Waals surface area (Å²) < 4.78 is 0. The van der Waals surface area contributed by atoms with Crippen LogP contribution in [-0.2, 0) is 12.8 Å². The molecule has 118 valence electrons. The first-order valence-electron chi connectivity index (χ1n) is 9.09. The molecule has 1 aromatic heterocycles. The van der Waals surface area contributed by atoms with Crippen LogP contribution in [0.1, 0.15) is 62.1 Å². The van der Waals surface area contributed by atoms with Gasteiger partial charge in [-0.3, -0.25) is 0 Å². The van der Waals surface area contributed by atoms with E-state index in [-0.39, 0.29) is 0 Å². The van der Waals surface area contributed by atoms with Gasteiger partial charge in [-0.15, -0.1) is 11.3 Å². The molecule has 0 amide bonds. The molecule has 1 N–H and O–H groups in total. The number of hydrogen-bond acceptors (Lipinski definition) is 2. The third-order valence-electron chi connectivity index (χ3n) is 5.67. The fourth-order valence-electron chi connectivity index (χ4n) is 4.58. The zero-order valence-electron chi connectivity index (χ0n) is 13.7. The van der Waals surface area contributed by atoms with Crippen molar-refractivity contribution in [1.82, 2.24) is 5.32 Å². The quantitative estimate of drug-likeness (QED) is 0.709. The summed E-state index contributed by atoms with van der Waals surface area (Å²) in [6.45, 7) is 5.72. The summed E-state index contributed by atoms with van der Waals surface area (Å²) in [4.78, 5) is 3.13. The third-order valence-corrected chi connectivity index (χ3v) is 6.92. The lowest BCUT2D eigenvalue weighted by atomic mass is 9.83. The van der Waals surface area contributed by atoms with Crippen LogP contribution in [0.15, 0.2) is 12.1 Å². The van der Waals surface area contributed by atoms with E-state index in [0.717, 1.165) is 17.8 Å². The van der Waals surface area contributed by atoms with Crippen molar-refractivity contribution in [2.45, 2.75) is 71.3 Å². The maximum Gasteiger partial charge on any atom is 0.0118 e. The van der Waals surface area contributed by atoms with Crippen molar-refractivity contribution in [3.63, 3.8) is 0 Å². The second kappa shape index (κ2) is 7.28. The molecule has 0 spiro atoms. The number of thiophene rings is 1. The minimum atomic E-state index is 0.706. The maximum absolute atomic E-state index is 3.84. The van der Waals surface area contributed by atoms with Crippen LogP contribution in [0.25, 0.3) is 0 Å². The molecule has 4 atom stereocenters. The molecule has 0 aromatic carbocycles. The Labute approximate surface area is 134 Å². The average molecular weight is 306 g/mol. The van der Waals surface area contributed by atoms with E-state index in [1.807, 2.05) is 11.3 Å². The zero-order valence-corrected chi connectivity index (χ0v) is 14.6. The molecular formula is C19H31NS. The normalized spacial score (nSPS) is 29.1. The average Bonchev–Trinajstić information content (AvgIpc) is 3.20. The van der Waals surface area contributed by atoms with E-state index in [2.05, 4.69) is 31.3 Å². The van der Waals surface area contributed by atoms with Crippen LogP contribution in [0.4, 0.5) is 0 Å². The minimum Gasteiger partial charge on any atom is -0.314 e. The van der Waals surface area contributed by atoms with Gasteiger partial charge in [0.1, 0.15) is 0 Å². The highest BCUT2D eigenvalue weighted by Gasteiger charge is 2.40. The molecule has 2 bridgehead atoms. The fraction of sp³-hybridized carbons (Fsp3) is 0.789. The summed E-state index contributed by atoms with van der Waals surface area (Å²) in [6.07, 6.45) is 11.2. The van der Waals surface area contributed by atoms with Crippen LogP contribution in [0, 0.1) is 17.8 Å². The number of rotatable bonds is 8. The van der Waals surface area contributed by atoms with Gasteiger partial charge in [0.15, 0.2) is 0 Å². The van der Waals surface area contributed by atoms with Crippen LogP contribution in [0.2, 0.25) is 0 Å². The first-order valence-corrected chi connectivity index (χ1v) is 9.91. The molecule has 3 rings (SSSR count). The standard InChI is InChI=1S/C19H31NS/c1-3-9-20-17(13-19-8-7-18(4-2)21-19)12-16-11-14-5-6-15(16)10-14/h7-8,14-17,20H,3-6,9-13H2,1-2H3. The van der Waals surface area contributed by atoms with Crippen molar-refractivity contribution in [3.8, 4) is 0 Å². The Balaban J connectivity index is 1.57. The number of nitrogens with one attached hydrogen (secondary N) is 1. The van der Waals surface area contributed by atoms with E-state index in [1.54, 1.807) is 16.2 Å². The fourth-order valence-corrected chi connectivity index (χ4v) is 5.62. The van der Waals surface area contributed by atoms with Gasteiger partial charge < -0.3 is 5.32 Å². The van der Waals surface area contributed by atoms with Crippen molar-refractivity contribution in [1.29, 1.82) is 0 Å². The third kappa shape index (κ3) is 3.90. The lowest BCUT2D eigenvalue weighted by Gasteiger charge is -2.27. The van der Waals surface area contributed by atoms with Crippen LogP contribution in [-0.4, -0.2) is 12.6 Å². The molecule has 0 saturated heterocycles. The molecule has 0 aliphatic heterocycles. The van der Waals surface area contributed by atoms with Gasteiger partial charge in [-0.05, 0) is 81.4 Å². The maximum atomic E-state index is 3.84. The Morgan fingerprint density at radius 2 is 2.05 bits per heavy atom. The molecule has 1 heterocycles. The van der Waals surface area contributed by atoms with E-state index in [9.17, 15) is 0 Å². The first kappa shape index (κ1) is 15.6. The van der Waals surface area contributed by atoms with Gasteiger partial charge in [-0.1, -0.05) is 20.3 Å². The summed E-state index contributed by atoms with van der Waals surface area (Å²) in [5, 5.41) is 3.84. The Morgan fingerprint density at radius 1 is 1.19 bits per heavy atom. The number of hydrogen-bond donors (Lipinski definition) is 1. The monoisotopic (exact) mass is 305 g/mol. The molecule has 2 aliphatic carbocycles. The van der Waals surface area contributed by atoms with E-state index in [1.165, 1.54) is 51.5 Å². The van der Waals surface area contributed by atoms with Crippen LogP contribution < -0.4 is 5.32 Å². The summed E-state index contributed by atoms with van der Waals surface area (Å²) in [6, 6.07) is 5.40. The zero-order chi connectivity index (χ0) is 14.7. The largest absolute Gasteiger partial charge is 0.314 e. The van der Waals surface area contributed by atoms with Gasteiger partial charge in [0.05, 0.1) is 0 Å². The second-order valence-corrected chi connectivity index (χ2v) is 8.50. The molecule has 2 heteroatoms. The smallest absolute Gasteiger partial charge is 0.0118 e. The predicted octanol–water partition coefficient (Wildman–Crippen LogP) is 5.05. The SMILES string of the molecule is CCCNC(Cc1ccc(CC)s1)CC1CC2CCC1C2. The molecule has 4 unspecified atom stereocenters. The number of fused-ring (bicyclic) bond motifs is 2. The lowest BCUT2D eigenvalue weighted by Crippen LogP contribution is -2.34. The van der Waals surface area contributed by atoms with E-state index in [4.69, 9.17) is 0 Å². The molecule has 1 nitrogen and oxygen atoms in total. The van der Waals surface area contributed by atoms with Gasteiger partial charge in [-0.25, -0.2) is 0 Å². The summed E-state index contributed by atoms with van der Waals surface area (Å²) in [5.41, 5.74) is 0. The van der Waals surface area contributed by atoms with Crippen LogP contribution >= 0.6 is 11.3 Å². The molecule has 2 saturated carbocycles. The van der Waals surface area contributed by atoms with Crippen molar-refractivity contribution in [2.24, 2.45) is 17.8 Å². The highest BCUT2D eigenvalue weighted by atomic mass is 32.1. The van der Waals surface area contributed by atoms with Crippen molar-refractivity contribution >= 4 is 11.3 Å². The highest BCUT2D eigenvalue weighted by Crippen LogP contribution is 2.50. The Bertz CT molecular complexity index is 439. The van der Waals surface area contributed by atoms with E-state index < -0.39 is 0 Å². The van der Waals surface area contributed by atoms with E-state index >= 15 is 0 Å². The first-order chi connectivity index (χ1) is 10.3. The number of aryl methyl sites for hydroxylation is 1. The Kier molecular flexibility index (Phi) is 5.39. The Morgan fingerprint density at radius 3 is 2.67 bits per heavy atom. The predicted molar refractivity (Wildman–Crippen MR) is 93.0 cm³/mol. The molecule has 0 radical (unpaired) electrons. The molecular weight excluding hydrogens is 274 g/mol. The van der Waals surface area contributed by atoms with E-state index in [0.29, 0.717) is 6.04 Å². The van der Waals surface area contributed by atoms with Gasteiger partial charge in [0, 0.05) is 15.8 Å². The molecule has 1 aromatic rings. The molecule has 2 aliphatic rings. The highest BCUT2D eigenvalue weighted by molar-refractivity contribution is 7.11.